The Labute approximate surface area is 171 Å². The molecule has 0 aliphatic heterocycles. The largest absolute Gasteiger partial charge is 0.271 e. The maximum atomic E-state index is 12.1. The number of rotatable bonds is 5. The van der Waals surface area contributed by atoms with Crippen molar-refractivity contribution in [2.45, 2.75) is 13.5 Å². The zero-order valence-corrected chi connectivity index (χ0v) is 16.6. The van der Waals surface area contributed by atoms with Gasteiger partial charge >= 0.3 is 0 Å². The Kier molecular flexibility index (Phi) is 6.16. The standard InChI is InChI=1S/C19H15Cl3N4O/c1-12-17(10-23-24-19(27)14-4-8-16(21)9-5-14)18(22)26(25-12)11-13-2-6-15(20)7-3-13/h2-10H,11H2,1H3,(H,24,27)/b23-10-. The maximum absolute atomic E-state index is 12.1. The number of hydrazone groups is 1. The molecular weight excluding hydrogens is 407 g/mol. The molecule has 8 heteroatoms. The Morgan fingerprint density at radius 3 is 2.30 bits per heavy atom. The minimum absolute atomic E-state index is 0.342. The molecule has 1 amide bonds. The molecule has 1 heterocycles. The molecule has 27 heavy (non-hydrogen) atoms. The summed E-state index contributed by atoms with van der Waals surface area (Å²) in [5.41, 5.74) is 5.28. The number of benzene rings is 2. The third-order valence-electron chi connectivity index (χ3n) is 3.82. The van der Waals surface area contributed by atoms with Crippen LogP contribution in [-0.2, 0) is 6.54 Å². The van der Waals surface area contributed by atoms with E-state index >= 15 is 0 Å². The van der Waals surface area contributed by atoms with Crippen molar-refractivity contribution in [2.75, 3.05) is 0 Å². The number of hydrogen-bond acceptors (Lipinski definition) is 3. The third-order valence-corrected chi connectivity index (χ3v) is 4.72. The second-order valence-electron chi connectivity index (χ2n) is 5.78. The van der Waals surface area contributed by atoms with Crippen molar-refractivity contribution in [1.29, 1.82) is 0 Å². The van der Waals surface area contributed by atoms with Crippen molar-refractivity contribution < 1.29 is 4.79 Å². The van der Waals surface area contributed by atoms with Crippen LogP contribution in [0.1, 0.15) is 27.2 Å². The monoisotopic (exact) mass is 420 g/mol. The Bertz CT molecular complexity index is 979. The molecule has 0 unspecified atom stereocenters. The molecule has 3 aromatic rings. The summed E-state index contributed by atoms with van der Waals surface area (Å²) in [5.74, 6) is -0.342. The zero-order valence-electron chi connectivity index (χ0n) is 14.3. The highest BCUT2D eigenvalue weighted by molar-refractivity contribution is 6.32. The summed E-state index contributed by atoms with van der Waals surface area (Å²) in [7, 11) is 0. The van der Waals surface area contributed by atoms with Crippen LogP contribution in [0.5, 0.6) is 0 Å². The van der Waals surface area contributed by atoms with E-state index in [-0.39, 0.29) is 5.91 Å². The van der Waals surface area contributed by atoms with E-state index in [2.05, 4.69) is 15.6 Å². The SMILES string of the molecule is Cc1nn(Cc2ccc(Cl)cc2)c(Cl)c1/C=N\NC(=O)c1ccc(Cl)cc1. The number of carbonyl (C=O) groups is 1. The van der Waals surface area contributed by atoms with Crippen molar-refractivity contribution in [1.82, 2.24) is 15.2 Å². The first kappa shape index (κ1) is 19.4. The Hall–Kier alpha value is -2.34. The van der Waals surface area contributed by atoms with E-state index in [0.29, 0.717) is 38.6 Å². The first-order chi connectivity index (χ1) is 12.9. The molecule has 0 saturated heterocycles. The topological polar surface area (TPSA) is 59.3 Å². The van der Waals surface area contributed by atoms with Crippen molar-refractivity contribution in [3.63, 3.8) is 0 Å². The van der Waals surface area contributed by atoms with Crippen LogP contribution in [-0.4, -0.2) is 21.9 Å². The van der Waals surface area contributed by atoms with Crippen LogP contribution in [0.3, 0.4) is 0 Å². The lowest BCUT2D eigenvalue weighted by Gasteiger charge is -2.03. The molecule has 0 bridgehead atoms. The van der Waals surface area contributed by atoms with Crippen molar-refractivity contribution in [2.24, 2.45) is 5.10 Å². The second kappa shape index (κ2) is 8.57. The summed E-state index contributed by atoms with van der Waals surface area (Å²) in [6.07, 6.45) is 1.48. The Morgan fingerprint density at radius 1 is 1.07 bits per heavy atom. The Morgan fingerprint density at radius 2 is 1.67 bits per heavy atom. The van der Waals surface area contributed by atoms with Gasteiger partial charge in [-0.2, -0.15) is 10.2 Å². The van der Waals surface area contributed by atoms with Gasteiger partial charge in [-0.05, 0) is 48.9 Å². The number of nitrogens with one attached hydrogen (secondary N) is 1. The lowest BCUT2D eigenvalue weighted by atomic mass is 10.2. The first-order valence-corrected chi connectivity index (χ1v) is 9.14. The molecule has 1 aromatic heterocycles. The number of carbonyl (C=O) groups excluding carboxylic acids is 1. The van der Waals surface area contributed by atoms with Crippen LogP contribution < -0.4 is 5.43 Å². The zero-order chi connectivity index (χ0) is 19.4. The second-order valence-corrected chi connectivity index (χ2v) is 7.01. The molecule has 0 fully saturated rings. The van der Waals surface area contributed by atoms with Crippen LogP contribution in [0.15, 0.2) is 53.6 Å². The third kappa shape index (κ3) is 4.89. The van der Waals surface area contributed by atoms with E-state index in [1.165, 1.54) is 6.21 Å². The van der Waals surface area contributed by atoms with E-state index in [9.17, 15) is 4.79 Å². The molecule has 138 valence electrons. The lowest BCUT2D eigenvalue weighted by Crippen LogP contribution is -2.17. The number of hydrogen-bond donors (Lipinski definition) is 1. The fraction of sp³-hybridized carbons (Fsp3) is 0.105. The molecule has 0 atom stereocenters. The van der Waals surface area contributed by atoms with Crippen molar-refractivity contribution >= 4 is 46.9 Å². The number of aryl methyl sites for hydroxylation is 1. The van der Waals surface area contributed by atoms with Crippen LogP contribution in [0.25, 0.3) is 0 Å². The molecule has 0 radical (unpaired) electrons. The summed E-state index contributed by atoms with van der Waals surface area (Å²) in [6.45, 7) is 2.33. The first-order valence-electron chi connectivity index (χ1n) is 8.00. The molecule has 3 rings (SSSR count). The van der Waals surface area contributed by atoms with Gasteiger partial charge in [0.05, 0.1) is 24.0 Å². The molecule has 2 aromatic carbocycles. The van der Waals surface area contributed by atoms with Gasteiger partial charge in [-0.25, -0.2) is 10.1 Å². The minimum atomic E-state index is -0.342. The fourth-order valence-corrected chi connectivity index (χ4v) is 2.94. The highest BCUT2D eigenvalue weighted by atomic mass is 35.5. The smallest absolute Gasteiger partial charge is 0.267 e. The van der Waals surface area contributed by atoms with Gasteiger partial charge in [-0.3, -0.25) is 4.79 Å². The van der Waals surface area contributed by atoms with E-state index in [4.69, 9.17) is 34.8 Å². The summed E-state index contributed by atoms with van der Waals surface area (Å²) >= 11 is 18.1. The van der Waals surface area contributed by atoms with Crippen LogP contribution >= 0.6 is 34.8 Å². The number of nitrogens with zero attached hydrogens (tertiary/aromatic N) is 3. The maximum Gasteiger partial charge on any atom is 0.271 e. The number of aromatic nitrogens is 2. The predicted molar refractivity (Wildman–Crippen MR) is 109 cm³/mol. The van der Waals surface area contributed by atoms with Gasteiger partial charge in [0.1, 0.15) is 5.15 Å². The van der Waals surface area contributed by atoms with Gasteiger partial charge in [0, 0.05) is 15.6 Å². The van der Waals surface area contributed by atoms with Crippen molar-refractivity contribution in [3.8, 4) is 0 Å². The van der Waals surface area contributed by atoms with Gasteiger partial charge in [0.15, 0.2) is 0 Å². The molecule has 1 N–H and O–H groups in total. The molecule has 0 saturated carbocycles. The van der Waals surface area contributed by atoms with Gasteiger partial charge in [0.25, 0.3) is 5.91 Å². The fourth-order valence-electron chi connectivity index (χ4n) is 2.40. The molecule has 5 nitrogen and oxygen atoms in total. The molecular formula is C19H15Cl3N4O. The van der Waals surface area contributed by atoms with E-state index in [1.807, 2.05) is 31.2 Å². The van der Waals surface area contributed by atoms with E-state index in [1.54, 1.807) is 28.9 Å². The molecule has 0 aliphatic rings. The van der Waals surface area contributed by atoms with Gasteiger partial charge in [-0.1, -0.05) is 46.9 Å². The summed E-state index contributed by atoms with van der Waals surface area (Å²) in [6, 6.07) is 14.0. The average molecular weight is 422 g/mol. The van der Waals surface area contributed by atoms with Gasteiger partial charge in [0.2, 0.25) is 0 Å². The highest BCUT2D eigenvalue weighted by Gasteiger charge is 2.12. The molecule has 0 aliphatic carbocycles. The van der Waals surface area contributed by atoms with E-state index in [0.717, 1.165) is 5.56 Å². The van der Waals surface area contributed by atoms with E-state index < -0.39 is 0 Å². The van der Waals surface area contributed by atoms with Crippen LogP contribution in [0.4, 0.5) is 0 Å². The summed E-state index contributed by atoms with van der Waals surface area (Å²) < 4.78 is 1.67. The normalized spacial score (nSPS) is 11.1. The summed E-state index contributed by atoms with van der Waals surface area (Å²) in [5, 5.41) is 10.1. The average Bonchev–Trinajstić information content (AvgIpc) is 2.91. The van der Waals surface area contributed by atoms with Crippen molar-refractivity contribution in [3.05, 3.63) is 86.1 Å². The summed E-state index contributed by atoms with van der Waals surface area (Å²) in [4.78, 5) is 12.1. The van der Waals surface area contributed by atoms with Gasteiger partial charge in [-0.15, -0.1) is 0 Å². The van der Waals surface area contributed by atoms with Crippen LogP contribution in [0.2, 0.25) is 15.2 Å². The Balaban J connectivity index is 1.70. The minimum Gasteiger partial charge on any atom is -0.267 e. The van der Waals surface area contributed by atoms with Gasteiger partial charge < -0.3 is 0 Å². The lowest BCUT2D eigenvalue weighted by molar-refractivity contribution is 0.0955. The number of halogens is 3. The predicted octanol–water partition coefficient (Wildman–Crippen LogP) is 4.96. The molecule has 0 spiro atoms. The quantitative estimate of drug-likeness (QED) is 0.467. The highest BCUT2D eigenvalue weighted by Crippen LogP contribution is 2.20. The number of amides is 1. The van der Waals surface area contributed by atoms with Crippen LogP contribution in [0, 0.1) is 6.92 Å².